The number of esters is 2. The molecule has 0 fully saturated rings. The van der Waals surface area contributed by atoms with Crippen molar-refractivity contribution < 1.29 is 29.3 Å². The number of hydrogen-bond acceptors (Lipinski definition) is 6. The van der Waals surface area contributed by atoms with Gasteiger partial charge in [0.15, 0.2) is 0 Å². The van der Waals surface area contributed by atoms with Gasteiger partial charge < -0.3 is 19.7 Å². The molecule has 0 aromatic heterocycles. The second-order valence-corrected chi connectivity index (χ2v) is 7.94. The van der Waals surface area contributed by atoms with E-state index in [1.807, 2.05) is 0 Å². The predicted molar refractivity (Wildman–Crippen MR) is 87.0 cm³/mol. The van der Waals surface area contributed by atoms with Gasteiger partial charge in [-0.1, -0.05) is 0 Å². The highest BCUT2D eigenvalue weighted by atomic mass is 16.6. The van der Waals surface area contributed by atoms with Crippen LogP contribution >= 0.6 is 0 Å². The van der Waals surface area contributed by atoms with Crippen LogP contribution in [0.5, 0.6) is 0 Å². The van der Waals surface area contributed by atoms with Crippen LogP contribution in [-0.4, -0.2) is 44.6 Å². The van der Waals surface area contributed by atoms with Crippen LogP contribution in [0.15, 0.2) is 22.3 Å². The Morgan fingerprint density at radius 1 is 0.750 bits per heavy atom. The number of aliphatic hydroxyl groups is 2. The van der Waals surface area contributed by atoms with Gasteiger partial charge in [0, 0.05) is 0 Å². The molecule has 134 valence electrons. The second kappa shape index (κ2) is 4.92. The van der Waals surface area contributed by atoms with E-state index in [1.165, 1.54) is 13.8 Å². The molecule has 2 atom stereocenters. The maximum absolute atomic E-state index is 12.3. The molecule has 0 spiro atoms. The molecule has 2 heterocycles. The first-order valence-corrected chi connectivity index (χ1v) is 7.92. The first-order valence-electron chi connectivity index (χ1n) is 7.92. The number of rotatable bonds is 3. The lowest BCUT2D eigenvalue weighted by Crippen LogP contribution is -2.55. The minimum absolute atomic E-state index is 0.0321. The number of cyclic esters (lactones) is 2. The topological polar surface area (TPSA) is 93.1 Å². The van der Waals surface area contributed by atoms with Gasteiger partial charge >= 0.3 is 11.9 Å². The molecule has 0 aromatic rings. The number of carbonyl (C=O) groups excluding carboxylic acids is 2. The quantitative estimate of drug-likeness (QED) is 0.762. The van der Waals surface area contributed by atoms with Gasteiger partial charge in [-0.3, -0.25) is 0 Å². The van der Waals surface area contributed by atoms with E-state index < -0.39 is 34.3 Å². The van der Waals surface area contributed by atoms with Crippen LogP contribution in [0.1, 0.15) is 55.4 Å². The zero-order valence-corrected chi connectivity index (χ0v) is 15.5. The van der Waals surface area contributed by atoms with Gasteiger partial charge in [0.05, 0.1) is 11.1 Å². The van der Waals surface area contributed by atoms with Crippen LogP contribution in [-0.2, 0) is 19.1 Å². The van der Waals surface area contributed by atoms with Crippen molar-refractivity contribution in [1.29, 1.82) is 0 Å². The number of carbonyl (C=O) groups is 2. The Bertz CT molecular complexity index is 628. The molecule has 0 radical (unpaired) electrons. The van der Waals surface area contributed by atoms with Crippen LogP contribution in [0.2, 0.25) is 0 Å². The van der Waals surface area contributed by atoms with Crippen molar-refractivity contribution in [3.63, 3.8) is 0 Å². The highest BCUT2D eigenvalue weighted by molar-refractivity contribution is 5.99. The average molecular weight is 338 g/mol. The first-order chi connectivity index (χ1) is 10.6. The summed E-state index contributed by atoms with van der Waals surface area (Å²) >= 11 is 0. The van der Waals surface area contributed by atoms with Crippen molar-refractivity contribution in [3.8, 4) is 0 Å². The molecule has 6 nitrogen and oxygen atoms in total. The van der Waals surface area contributed by atoms with Crippen molar-refractivity contribution in [1.82, 2.24) is 0 Å². The molecule has 2 aliphatic rings. The Morgan fingerprint density at radius 3 is 1.17 bits per heavy atom. The minimum Gasteiger partial charge on any atom is -0.452 e. The van der Waals surface area contributed by atoms with Gasteiger partial charge in [-0.15, -0.1) is 0 Å². The lowest BCUT2D eigenvalue weighted by atomic mass is 9.71. The third-order valence-corrected chi connectivity index (χ3v) is 5.58. The van der Waals surface area contributed by atoms with Gasteiger partial charge in [-0.2, -0.15) is 0 Å². The van der Waals surface area contributed by atoms with Gasteiger partial charge in [0.2, 0.25) is 0 Å². The lowest BCUT2D eigenvalue weighted by Gasteiger charge is -2.39. The fourth-order valence-electron chi connectivity index (χ4n) is 3.24. The third-order valence-electron chi connectivity index (χ3n) is 5.58. The van der Waals surface area contributed by atoms with Gasteiger partial charge in [0.25, 0.3) is 0 Å². The molecule has 6 heteroatoms. The summed E-state index contributed by atoms with van der Waals surface area (Å²) in [6, 6.07) is 0. The fourth-order valence-corrected chi connectivity index (χ4v) is 3.24. The fraction of sp³-hybridized carbons (Fsp3) is 0.667. The van der Waals surface area contributed by atoms with Crippen molar-refractivity contribution >= 4 is 11.9 Å². The summed E-state index contributed by atoms with van der Waals surface area (Å²) in [6.45, 7) is 12.8. The van der Waals surface area contributed by atoms with E-state index in [1.54, 1.807) is 41.5 Å². The molecular formula is C18H26O6. The van der Waals surface area contributed by atoms with E-state index in [0.29, 0.717) is 11.1 Å². The average Bonchev–Trinajstić information content (AvgIpc) is 2.68. The van der Waals surface area contributed by atoms with Gasteiger partial charge in [-0.05, 0) is 66.5 Å². The Morgan fingerprint density at radius 2 is 1.00 bits per heavy atom. The minimum atomic E-state index is -2.03. The summed E-state index contributed by atoms with van der Waals surface area (Å²) in [5, 5.41) is 22.3. The van der Waals surface area contributed by atoms with Crippen LogP contribution in [0.25, 0.3) is 0 Å². The van der Waals surface area contributed by atoms with Crippen molar-refractivity contribution in [3.05, 3.63) is 22.3 Å². The Hall–Kier alpha value is -1.66. The highest BCUT2D eigenvalue weighted by Gasteiger charge is 2.59. The molecule has 0 amide bonds. The van der Waals surface area contributed by atoms with Gasteiger partial charge in [0.1, 0.15) is 22.4 Å². The largest absolute Gasteiger partial charge is 0.452 e. The standard InChI is InChI=1S/C18H26O6/c1-9-11(13(19)23-15(9,3)4)17(7,21)18(8,22)12-10(2)16(5,6)24-14(12)20/h21-22H,1-8H3/t17-,18-/m0/s1. The van der Waals surface area contributed by atoms with Crippen LogP contribution in [0, 0.1) is 0 Å². The molecule has 0 saturated heterocycles. The van der Waals surface area contributed by atoms with Crippen LogP contribution < -0.4 is 0 Å². The molecule has 0 aromatic carbocycles. The van der Waals surface area contributed by atoms with Crippen molar-refractivity contribution in [2.75, 3.05) is 0 Å². The molecule has 0 bridgehead atoms. The molecule has 0 aliphatic carbocycles. The first kappa shape index (κ1) is 18.7. The molecule has 2 N–H and O–H groups in total. The Balaban J connectivity index is 2.65. The normalized spacial score (nSPS) is 27.8. The Labute approximate surface area is 142 Å². The maximum atomic E-state index is 12.3. The number of ether oxygens (including phenoxy) is 2. The summed E-state index contributed by atoms with van der Waals surface area (Å²) in [5.74, 6) is -1.40. The summed E-state index contributed by atoms with van der Waals surface area (Å²) in [7, 11) is 0. The highest BCUT2D eigenvalue weighted by Crippen LogP contribution is 2.47. The predicted octanol–water partition coefficient (Wildman–Crippen LogP) is 1.79. The maximum Gasteiger partial charge on any atom is 0.338 e. The number of hydrogen-bond donors (Lipinski definition) is 2. The molecule has 2 rings (SSSR count). The zero-order valence-electron chi connectivity index (χ0n) is 15.5. The zero-order chi connectivity index (χ0) is 18.9. The van der Waals surface area contributed by atoms with E-state index in [-0.39, 0.29) is 11.1 Å². The van der Waals surface area contributed by atoms with E-state index in [2.05, 4.69) is 0 Å². The molecular weight excluding hydrogens is 312 g/mol. The van der Waals surface area contributed by atoms with E-state index in [4.69, 9.17) is 9.47 Å². The second-order valence-electron chi connectivity index (χ2n) is 7.94. The monoisotopic (exact) mass is 338 g/mol. The van der Waals surface area contributed by atoms with E-state index >= 15 is 0 Å². The summed E-state index contributed by atoms with van der Waals surface area (Å²) in [5.41, 5.74) is -4.86. The Kier molecular flexibility index (Phi) is 3.83. The third kappa shape index (κ3) is 2.31. The summed E-state index contributed by atoms with van der Waals surface area (Å²) in [6.07, 6.45) is 0. The van der Waals surface area contributed by atoms with Crippen LogP contribution in [0.4, 0.5) is 0 Å². The van der Waals surface area contributed by atoms with E-state index in [0.717, 1.165) is 0 Å². The smallest absolute Gasteiger partial charge is 0.338 e. The van der Waals surface area contributed by atoms with E-state index in [9.17, 15) is 19.8 Å². The molecule has 0 saturated carbocycles. The van der Waals surface area contributed by atoms with Crippen molar-refractivity contribution in [2.45, 2.75) is 77.8 Å². The molecule has 0 unspecified atom stereocenters. The van der Waals surface area contributed by atoms with Crippen LogP contribution in [0.3, 0.4) is 0 Å². The molecule has 24 heavy (non-hydrogen) atoms. The summed E-state index contributed by atoms with van der Waals surface area (Å²) in [4.78, 5) is 24.6. The SMILES string of the molecule is CC1=C([C@](C)(O)[C@@](C)(O)C2=C(C)C(C)(C)OC2=O)C(=O)OC1(C)C. The van der Waals surface area contributed by atoms with Crippen molar-refractivity contribution in [2.24, 2.45) is 0 Å². The molecule has 2 aliphatic heterocycles. The van der Waals surface area contributed by atoms with Gasteiger partial charge in [-0.25, -0.2) is 9.59 Å². The lowest BCUT2D eigenvalue weighted by molar-refractivity contribution is -0.155. The summed E-state index contributed by atoms with van der Waals surface area (Å²) < 4.78 is 10.6.